The molecule has 0 spiro atoms. The summed E-state index contributed by atoms with van der Waals surface area (Å²) in [4.78, 5) is 24.0. The van der Waals surface area contributed by atoms with Gasteiger partial charge >= 0.3 is 0 Å². The molecular formula is C64H50N6. The SMILES string of the molecule is CC1(C)C2=CC(c3c4ccc(N(c5ccccn5)c5ccccn5)cc4c(-c4ccc5c(c4)C(C)(C)c4ccccc4-5)c4ccc(N(c5ccccn5)c5ccccn5)cc34)CC=C2c2ccccc21. The summed E-state index contributed by atoms with van der Waals surface area (Å²) in [5, 5.41) is 4.77. The Balaban J connectivity index is 1.13. The molecule has 6 heteroatoms. The van der Waals surface area contributed by atoms with E-state index in [1.807, 2.05) is 73.3 Å². The zero-order valence-electron chi connectivity index (χ0n) is 39.7. The highest BCUT2D eigenvalue weighted by Crippen LogP contribution is 2.56. The molecule has 4 heterocycles. The van der Waals surface area contributed by atoms with Gasteiger partial charge in [-0.1, -0.05) is 137 Å². The second kappa shape index (κ2) is 16.1. The number of allylic oxidation sites excluding steroid dienone is 4. The molecule has 0 fully saturated rings. The maximum Gasteiger partial charge on any atom is 0.138 e. The van der Waals surface area contributed by atoms with Crippen molar-refractivity contribution in [3.8, 4) is 22.3 Å². The Hall–Kier alpha value is -8.48. The lowest BCUT2D eigenvalue weighted by molar-refractivity contribution is 0.649. The largest absolute Gasteiger partial charge is 0.279 e. The van der Waals surface area contributed by atoms with Gasteiger partial charge in [-0.05, 0) is 168 Å². The van der Waals surface area contributed by atoms with Crippen molar-refractivity contribution in [3.63, 3.8) is 0 Å². The molecule has 6 nitrogen and oxygen atoms in total. The van der Waals surface area contributed by atoms with Gasteiger partial charge in [-0.2, -0.15) is 0 Å². The first-order valence-corrected chi connectivity index (χ1v) is 24.3. The zero-order chi connectivity index (χ0) is 47.1. The van der Waals surface area contributed by atoms with E-state index in [-0.39, 0.29) is 16.7 Å². The Morgan fingerprint density at radius 2 is 0.929 bits per heavy atom. The number of hydrogen-bond acceptors (Lipinski definition) is 6. The fraction of sp³-hybridized carbons (Fsp3) is 0.125. The van der Waals surface area contributed by atoms with E-state index in [9.17, 15) is 0 Å². The van der Waals surface area contributed by atoms with Gasteiger partial charge < -0.3 is 0 Å². The predicted octanol–water partition coefficient (Wildman–Crippen LogP) is 16.3. The maximum absolute atomic E-state index is 4.91. The Kier molecular flexibility index (Phi) is 9.57. The number of benzene rings is 6. The molecule has 336 valence electrons. The van der Waals surface area contributed by atoms with Crippen LogP contribution in [0.2, 0.25) is 0 Å². The smallest absolute Gasteiger partial charge is 0.138 e. The lowest BCUT2D eigenvalue weighted by Crippen LogP contribution is -2.17. The Morgan fingerprint density at radius 1 is 0.429 bits per heavy atom. The second-order valence-corrected chi connectivity index (χ2v) is 19.8. The number of hydrogen-bond donors (Lipinski definition) is 0. The average Bonchev–Trinajstić information content (AvgIpc) is 3.78. The number of pyridine rings is 4. The average molecular weight is 903 g/mol. The van der Waals surface area contributed by atoms with Crippen molar-refractivity contribution in [2.45, 2.75) is 50.9 Å². The predicted molar refractivity (Wildman–Crippen MR) is 288 cm³/mol. The van der Waals surface area contributed by atoms with Crippen LogP contribution in [0.5, 0.6) is 0 Å². The molecule has 0 aliphatic heterocycles. The summed E-state index contributed by atoms with van der Waals surface area (Å²) in [6.45, 7) is 9.51. The quantitative estimate of drug-likeness (QED) is 0.142. The van der Waals surface area contributed by atoms with Gasteiger partial charge in [0.1, 0.15) is 23.3 Å². The summed E-state index contributed by atoms with van der Waals surface area (Å²) in [7, 11) is 0. The molecule has 0 saturated carbocycles. The van der Waals surface area contributed by atoms with Crippen LogP contribution in [0.1, 0.15) is 67.9 Å². The van der Waals surface area contributed by atoms with Crippen LogP contribution in [-0.4, -0.2) is 19.9 Å². The minimum absolute atomic E-state index is 0.0711. The third kappa shape index (κ3) is 6.47. The highest BCUT2D eigenvalue weighted by molar-refractivity contribution is 6.17. The fourth-order valence-electron chi connectivity index (χ4n) is 11.9. The Morgan fingerprint density at radius 3 is 1.50 bits per heavy atom. The van der Waals surface area contributed by atoms with Crippen molar-refractivity contribution in [2.75, 3.05) is 9.80 Å². The van der Waals surface area contributed by atoms with Crippen molar-refractivity contribution in [3.05, 3.63) is 246 Å². The molecular weight excluding hydrogens is 853 g/mol. The first-order chi connectivity index (χ1) is 34.3. The lowest BCUT2D eigenvalue weighted by atomic mass is 9.75. The van der Waals surface area contributed by atoms with Crippen molar-refractivity contribution in [1.29, 1.82) is 0 Å². The summed E-state index contributed by atoms with van der Waals surface area (Å²) < 4.78 is 0. The van der Waals surface area contributed by atoms with Crippen LogP contribution in [0.15, 0.2) is 218 Å². The Bertz CT molecular complexity index is 3670. The summed E-state index contributed by atoms with van der Waals surface area (Å²) in [5.41, 5.74) is 16.1. The summed E-state index contributed by atoms with van der Waals surface area (Å²) in [6, 6.07) is 63.3. The third-order valence-corrected chi connectivity index (χ3v) is 15.2. The van der Waals surface area contributed by atoms with Crippen LogP contribution < -0.4 is 9.80 Å². The minimum atomic E-state index is -0.184. The van der Waals surface area contributed by atoms with Crippen LogP contribution in [-0.2, 0) is 10.8 Å². The van der Waals surface area contributed by atoms with Crippen LogP contribution >= 0.6 is 0 Å². The van der Waals surface area contributed by atoms with Gasteiger partial charge in [0.25, 0.3) is 0 Å². The highest BCUT2D eigenvalue weighted by atomic mass is 15.2. The molecule has 3 aliphatic rings. The molecule has 10 aromatic rings. The lowest BCUT2D eigenvalue weighted by Gasteiger charge is -2.30. The van der Waals surface area contributed by atoms with E-state index in [2.05, 4.69) is 177 Å². The van der Waals surface area contributed by atoms with Crippen LogP contribution in [0.25, 0.3) is 49.4 Å². The topological polar surface area (TPSA) is 58.0 Å². The molecule has 70 heavy (non-hydrogen) atoms. The number of fused-ring (bicyclic) bond motifs is 8. The van der Waals surface area contributed by atoms with E-state index < -0.39 is 0 Å². The van der Waals surface area contributed by atoms with Gasteiger partial charge in [0.15, 0.2) is 0 Å². The molecule has 1 atom stereocenters. The van der Waals surface area contributed by atoms with E-state index in [0.717, 1.165) is 41.1 Å². The maximum atomic E-state index is 4.91. The van der Waals surface area contributed by atoms with Crippen molar-refractivity contribution >= 4 is 61.8 Å². The van der Waals surface area contributed by atoms with Crippen LogP contribution in [0.3, 0.4) is 0 Å². The summed E-state index contributed by atoms with van der Waals surface area (Å²) >= 11 is 0. The third-order valence-electron chi connectivity index (χ3n) is 15.2. The molecule has 1 unspecified atom stereocenters. The normalized spacial score (nSPS) is 15.9. The molecule has 13 rings (SSSR count). The number of nitrogens with zero attached hydrogens (tertiary/aromatic N) is 6. The van der Waals surface area contributed by atoms with Crippen LogP contribution in [0, 0.1) is 0 Å². The number of rotatable bonds is 8. The number of anilines is 6. The first-order valence-electron chi connectivity index (χ1n) is 24.3. The number of aromatic nitrogens is 4. The molecule has 0 amide bonds. The van der Waals surface area contributed by atoms with Crippen molar-refractivity contribution in [1.82, 2.24) is 19.9 Å². The monoisotopic (exact) mass is 902 g/mol. The molecule has 0 radical (unpaired) electrons. The highest BCUT2D eigenvalue weighted by Gasteiger charge is 2.41. The molecule has 0 saturated heterocycles. The van der Waals surface area contributed by atoms with Crippen LogP contribution in [0.4, 0.5) is 34.6 Å². The zero-order valence-corrected chi connectivity index (χ0v) is 39.7. The summed E-state index contributed by atoms with van der Waals surface area (Å²) in [5.74, 6) is 3.27. The Labute approximate surface area is 409 Å². The molecule has 0 bridgehead atoms. The fourth-order valence-corrected chi connectivity index (χ4v) is 11.9. The van der Waals surface area contributed by atoms with Gasteiger partial charge in [-0.15, -0.1) is 0 Å². The van der Waals surface area contributed by atoms with E-state index in [4.69, 9.17) is 19.9 Å². The van der Waals surface area contributed by atoms with Gasteiger partial charge in [0.05, 0.1) is 0 Å². The van der Waals surface area contributed by atoms with E-state index in [1.165, 1.54) is 82.8 Å². The standard InChI is InChI=1S/C64H50N6/c1-63(2)53-19-7-5-17-45(53)47-29-25-41(37-55(47)63)61-49-31-27-44(70(59-23-11-15-35-67-59)60-24-12-16-36-68-60)40-52(49)62(42-26-30-48-46-18-6-8-20-54(46)64(3,4)56(48)38-42)50-32-28-43(39-51(50)61)69(57-21-9-13-33-65-57)58-22-10-14-34-66-58/h5-25,27-40,42H,26H2,1-4H3. The van der Waals surface area contributed by atoms with Crippen molar-refractivity contribution < 1.29 is 0 Å². The minimum Gasteiger partial charge on any atom is -0.279 e. The van der Waals surface area contributed by atoms with E-state index in [0.29, 0.717) is 0 Å². The molecule has 3 aliphatic carbocycles. The second-order valence-electron chi connectivity index (χ2n) is 19.8. The van der Waals surface area contributed by atoms with Gasteiger partial charge in [0.2, 0.25) is 0 Å². The van der Waals surface area contributed by atoms with E-state index >= 15 is 0 Å². The molecule has 6 aromatic carbocycles. The van der Waals surface area contributed by atoms with Gasteiger partial charge in [0, 0.05) is 52.9 Å². The first kappa shape index (κ1) is 41.7. The summed E-state index contributed by atoms with van der Waals surface area (Å²) in [6.07, 6.45) is 13.4. The molecule has 4 aromatic heterocycles. The van der Waals surface area contributed by atoms with Gasteiger partial charge in [-0.3, -0.25) is 9.80 Å². The van der Waals surface area contributed by atoms with Crippen molar-refractivity contribution in [2.24, 2.45) is 0 Å². The molecule has 0 N–H and O–H groups in total. The van der Waals surface area contributed by atoms with Gasteiger partial charge in [-0.25, -0.2) is 19.9 Å². The van der Waals surface area contributed by atoms with E-state index in [1.54, 1.807) is 0 Å².